The van der Waals surface area contributed by atoms with Crippen LogP contribution in [0.5, 0.6) is 0 Å². The molecule has 0 bridgehead atoms. The number of aryl methyl sites for hydroxylation is 3. The van der Waals surface area contributed by atoms with Crippen LogP contribution in [0.15, 0.2) is 279 Å². The van der Waals surface area contributed by atoms with Crippen LogP contribution in [0, 0.1) is 45.0 Å². The van der Waals surface area contributed by atoms with Crippen LogP contribution < -0.4 is 0 Å². The van der Waals surface area contributed by atoms with Crippen LogP contribution in [-0.4, -0.2) is 67.8 Å². The zero-order valence-corrected chi connectivity index (χ0v) is 54.8. The quantitative estimate of drug-likeness (QED) is 0.0796. The summed E-state index contributed by atoms with van der Waals surface area (Å²) < 4.78 is 57.5. The minimum Gasteiger partial charge on any atom is -0.400 e. The van der Waals surface area contributed by atoms with Crippen LogP contribution in [0.3, 0.4) is 0 Å². The van der Waals surface area contributed by atoms with E-state index in [1.165, 1.54) is 11.1 Å². The Bertz CT molecular complexity index is 3510. The topological polar surface area (TPSA) is 159 Å². The third kappa shape index (κ3) is 26.9. The van der Waals surface area contributed by atoms with Gasteiger partial charge in [0.05, 0.1) is 5.69 Å². The summed E-state index contributed by atoms with van der Waals surface area (Å²) >= 11 is 0. The summed E-state index contributed by atoms with van der Waals surface area (Å²) in [6.45, 7) is 5.98. The molecule has 468 valence electrons. The van der Waals surface area contributed by atoms with Crippen molar-refractivity contribution in [2.75, 3.05) is 14.2 Å². The molecule has 90 heavy (non-hydrogen) atoms. The van der Waals surface area contributed by atoms with Gasteiger partial charge in [0.2, 0.25) is 0 Å². The fourth-order valence-electron chi connectivity index (χ4n) is 7.62. The van der Waals surface area contributed by atoms with Gasteiger partial charge in [-0.2, -0.15) is 21.6 Å². The summed E-state index contributed by atoms with van der Waals surface area (Å²) in [5, 5.41) is 14.0. The Morgan fingerprint density at radius 1 is 0.333 bits per heavy atom. The number of nitrogens with zero attached hydrogens (tertiary/aromatic N) is 5. The number of aliphatic hydroxyl groups excluding tert-OH is 2. The standard InChI is InChI=1S/C17H13N.C17H12N.3C12H10N.CHF3O3S.2CH4O.CH4.2Ir/c2*1-3-7-14(8-4-1)16-11-12-17(18-13-16)15-9-5-2-6-10-15;3*1-10-6-5-9-12(13-10)11-7-3-2-4-8-11;2-1(3,4)8(5,6)7;2*1-2;;;/h1-13H;1-9,11-13H;3*2-7,9H,1H3;(H,5,6,7);2*2H,1H3;1H4;;/q;4*-1;;;;;;. The monoisotopic (exact) mass is 1580 g/mol. The second kappa shape index (κ2) is 42.2. The van der Waals surface area contributed by atoms with Crippen LogP contribution in [0.1, 0.15) is 24.5 Å². The molecule has 0 fully saturated rings. The zero-order chi connectivity index (χ0) is 62.7. The molecule has 16 heteroatoms. The first-order valence-electron chi connectivity index (χ1n) is 26.9. The van der Waals surface area contributed by atoms with Crippen LogP contribution in [0.2, 0.25) is 0 Å². The first-order chi connectivity index (χ1) is 42.2. The second-order valence-corrected chi connectivity index (χ2v) is 19.4. The number of rotatable bonds is 7. The zero-order valence-electron chi connectivity index (χ0n) is 49.2. The van der Waals surface area contributed by atoms with E-state index in [2.05, 4.69) is 104 Å². The largest absolute Gasteiger partial charge is 0.522 e. The molecule has 5 aromatic heterocycles. The van der Waals surface area contributed by atoms with E-state index in [-0.39, 0.29) is 47.6 Å². The van der Waals surface area contributed by atoms with Gasteiger partial charge in [0.25, 0.3) is 0 Å². The smallest absolute Gasteiger partial charge is 0.400 e. The molecule has 0 spiro atoms. The minimum absolute atomic E-state index is 0. The fraction of sp³-hybridized carbons (Fsp3) is 0.0946. The molecule has 2 radical (unpaired) electrons. The van der Waals surface area contributed by atoms with Crippen molar-refractivity contribution >= 4 is 10.1 Å². The predicted octanol–water partition coefficient (Wildman–Crippen LogP) is 17.4. The predicted molar refractivity (Wildman–Crippen MR) is 349 cm³/mol. The number of pyridine rings is 5. The van der Waals surface area contributed by atoms with Gasteiger partial charge < -0.3 is 30.1 Å². The van der Waals surface area contributed by atoms with E-state index < -0.39 is 15.6 Å². The van der Waals surface area contributed by atoms with Crippen molar-refractivity contribution in [2.45, 2.75) is 33.7 Å². The maximum atomic E-state index is 10.7. The molecule has 5 heterocycles. The van der Waals surface area contributed by atoms with E-state index in [4.69, 9.17) is 23.2 Å². The summed E-state index contributed by atoms with van der Waals surface area (Å²) in [6.07, 6.45) is 3.84. The SMILES string of the molecule is C.CO.CO.Cc1cccc(-c2[c-]cccc2)n1.Cc1cccc(-c2[c-]cccc2)n1.Cc1cccc(-c2[c-]cccc2)n1.O=S(=O)(O)C(F)(F)F.[Ir].[Ir].[c-]1ccccc1-c1ccc(-c2ccccc2)cn1.c1ccc(-c2ccc(-c3ccccc3)nc2)cc1. The summed E-state index contributed by atoms with van der Waals surface area (Å²) in [5.41, 5.74) is 12.5. The van der Waals surface area contributed by atoms with Crippen molar-refractivity contribution < 1.29 is 76.6 Å². The molecule has 0 atom stereocenters. The fourth-order valence-corrected chi connectivity index (χ4v) is 7.62. The summed E-state index contributed by atoms with van der Waals surface area (Å²) in [7, 11) is -3.84. The van der Waals surface area contributed by atoms with Gasteiger partial charge in [-0.25, -0.2) is 0 Å². The van der Waals surface area contributed by atoms with E-state index in [0.717, 1.165) is 98.7 Å². The molecule has 0 aliphatic heterocycles. The molecule has 0 saturated carbocycles. The van der Waals surface area contributed by atoms with Crippen LogP contribution in [-0.2, 0) is 50.3 Å². The number of halogens is 3. The average molecular weight is 1580 g/mol. The molecular formula is C74H68F3Ir2N5O5S-4. The summed E-state index contributed by atoms with van der Waals surface area (Å²) in [5.74, 6) is 0. The summed E-state index contributed by atoms with van der Waals surface area (Å²) in [6, 6.07) is 101. The Balaban J connectivity index is 0.000000367. The van der Waals surface area contributed by atoms with Crippen molar-refractivity contribution in [1.82, 2.24) is 24.9 Å². The van der Waals surface area contributed by atoms with Gasteiger partial charge in [0.15, 0.2) is 0 Å². The van der Waals surface area contributed by atoms with E-state index in [0.29, 0.717) is 0 Å². The molecule has 0 saturated heterocycles. The molecule has 12 rings (SSSR count). The third-order valence-corrected chi connectivity index (χ3v) is 12.3. The second-order valence-electron chi connectivity index (χ2n) is 18.0. The maximum absolute atomic E-state index is 10.7. The molecule has 7 aromatic carbocycles. The molecule has 10 nitrogen and oxygen atoms in total. The first-order valence-corrected chi connectivity index (χ1v) is 28.3. The Hall–Kier alpha value is -8.79. The average Bonchev–Trinajstić information content (AvgIpc) is 3.71. The van der Waals surface area contributed by atoms with Crippen molar-refractivity contribution in [3.05, 3.63) is 321 Å². The van der Waals surface area contributed by atoms with Gasteiger partial charge in [-0.05, 0) is 84.5 Å². The van der Waals surface area contributed by atoms with Gasteiger partial charge in [-0.1, -0.05) is 153 Å². The van der Waals surface area contributed by atoms with Gasteiger partial charge in [0, 0.05) is 95.0 Å². The Kier molecular flexibility index (Phi) is 36.2. The van der Waals surface area contributed by atoms with E-state index in [9.17, 15) is 13.2 Å². The van der Waals surface area contributed by atoms with Crippen LogP contribution >= 0.6 is 0 Å². The van der Waals surface area contributed by atoms with Crippen LogP contribution in [0.25, 0.3) is 78.5 Å². The number of benzene rings is 7. The van der Waals surface area contributed by atoms with E-state index in [1.807, 2.05) is 245 Å². The molecule has 12 aromatic rings. The number of alkyl halides is 3. The number of hydrogen-bond acceptors (Lipinski definition) is 9. The van der Waals surface area contributed by atoms with Crippen molar-refractivity contribution in [3.63, 3.8) is 0 Å². The number of aliphatic hydroxyl groups is 2. The van der Waals surface area contributed by atoms with Gasteiger partial charge >= 0.3 is 15.6 Å². The third-order valence-electron chi connectivity index (χ3n) is 11.7. The molecule has 0 amide bonds. The molecule has 0 unspecified atom stereocenters. The normalized spacial score (nSPS) is 9.77. The molecule has 0 aliphatic carbocycles. The van der Waals surface area contributed by atoms with Crippen LogP contribution in [0.4, 0.5) is 13.2 Å². The van der Waals surface area contributed by atoms with E-state index >= 15 is 0 Å². The maximum Gasteiger partial charge on any atom is 0.522 e. The van der Waals surface area contributed by atoms with Crippen molar-refractivity contribution in [3.8, 4) is 78.5 Å². The van der Waals surface area contributed by atoms with Crippen molar-refractivity contribution in [1.29, 1.82) is 0 Å². The summed E-state index contributed by atoms with van der Waals surface area (Å²) in [4.78, 5) is 22.3. The number of hydrogen-bond donors (Lipinski definition) is 3. The Labute approximate surface area is 554 Å². The van der Waals surface area contributed by atoms with Gasteiger partial charge in [-0.15, -0.1) is 144 Å². The Morgan fingerprint density at radius 3 is 0.844 bits per heavy atom. The first kappa shape index (κ1) is 77.3. The number of aromatic nitrogens is 5. The van der Waals surface area contributed by atoms with Gasteiger partial charge in [0.1, 0.15) is 0 Å². The van der Waals surface area contributed by atoms with E-state index in [1.54, 1.807) is 0 Å². The van der Waals surface area contributed by atoms with Crippen molar-refractivity contribution in [2.24, 2.45) is 0 Å². The minimum atomic E-state index is -5.84. The van der Waals surface area contributed by atoms with Gasteiger partial charge in [-0.3, -0.25) is 9.54 Å². The Morgan fingerprint density at radius 2 is 0.600 bits per heavy atom. The molecule has 3 N–H and O–H groups in total. The molecular weight excluding hydrogens is 1510 g/mol. The molecule has 0 aliphatic rings.